The number of phenols is 2. The molecule has 262 valence electrons. The fourth-order valence-corrected chi connectivity index (χ4v) is 7.69. The number of methoxy groups -OCH3 is 1. The molecule has 0 amide bonds. The van der Waals surface area contributed by atoms with Crippen molar-refractivity contribution in [1.29, 1.82) is 0 Å². The van der Waals surface area contributed by atoms with Gasteiger partial charge in [0.15, 0.2) is 23.1 Å². The van der Waals surface area contributed by atoms with Crippen LogP contribution >= 0.6 is 0 Å². The summed E-state index contributed by atoms with van der Waals surface area (Å²) < 4.78 is 36.0. The molecular formula is C36H41NO12. The van der Waals surface area contributed by atoms with Crippen molar-refractivity contribution in [3.05, 3.63) is 68.1 Å². The predicted octanol–water partition coefficient (Wildman–Crippen LogP) is 3.34. The number of ether oxygens (including phenoxy) is 5. The number of aromatic hydroxyl groups is 2. The molecule has 10 atom stereocenters. The minimum absolute atomic E-state index is 0.0537. The van der Waals surface area contributed by atoms with Gasteiger partial charge in [-0.15, -0.1) is 0 Å². The van der Waals surface area contributed by atoms with Gasteiger partial charge in [0.25, 0.3) is 0 Å². The predicted molar refractivity (Wildman–Crippen MR) is 173 cm³/mol. The van der Waals surface area contributed by atoms with Gasteiger partial charge in [-0.1, -0.05) is 6.07 Å². The number of likely N-dealkylation sites (N-methyl/N-ethyl adjacent to an activating group) is 1. The number of epoxide rings is 1. The number of rotatable bonds is 6. The zero-order valence-corrected chi connectivity index (χ0v) is 28.4. The Morgan fingerprint density at radius 2 is 1.67 bits per heavy atom. The van der Waals surface area contributed by atoms with E-state index in [0.717, 1.165) is 6.07 Å². The van der Waals surface area contributed by atoms with Crippen molar-refractivity contribution in [1.82, 2.24) is 5.32 Å². The van der Waals surface area contributed by atoms with Gasteiger partial charge >= 0.3 is 0 Å². The number of benzene rings is 2. The van der Waals surface area contributed by atoms with Gasteiger partial charge in [-0.3, -0.25) is 14.4 Å². The molecule has 3 fully saturated rings. The number of carbonyl (C=O) groups is 2. The average Bonchev–Trinajstić information content (AvgIpc) is 3.69. The number of ketones is 2. The molecule has 49 heavy (non-hydrogen) atoms. The Morgan fingerprint density at radius 1 is 0.959 bits per heavy atom. The standard InChI is InChI=1S/C36H41NO12/c1-14-29(40)22(44-7)12-25(46-14)48-34-15(2)45-23(13-35(34,4)37-6)17-8-9-18-26(31(17)42)32(43)27-19(30(18)41)10-20(38)28-21(39)11-24(47-33(27)28)36(5)16(3)49-36/h8-11,14-16,22-23,25,29,34,37-38,40,42H,12-13H2,1-7H3/t14-,15+,16-,22+,23-,25-,29-,34-,35+,36-/m1/s1. The first-order chi connectivity index (χ1) is 23.1. The van der Waals surface area contributed by atoms with Crippen LogP contribution < -0.4 is 10.7 Å². The van der Waals surface area contributed by atoms with Crippen LogP contribution in [0.2, 0.25) is 0 Å². The van der Waals surface area contributed by atoms with Crippen molar-refractivity contribution >= 4 is 22.5 Å². The number of hydrogen-bond donors (Lipinski definition) is 4. The number of phenolic OH excluding ortho intramolecular Hbond substituents is 2. The second kappa shape index (κ2) is 11.7. The summed E-state index contributed by atoms with van der Waals surface area (Å²) in [5.74, 6) is -2.12. The minimum atomic E-state index is -0.911. The van der Waals surface area contributed by atoms with Gasteiger partial charge in [-0.05, 0) is 60.2 Å². The van der Waals surface area contributed by atoms with Crippen LogP contribution in [0, 0.1) is 0 Å². The summed E-state index contributed by atoms with van der Waals surface area (Å²) in [7, 11) is 3.32. The first kappa shape index (κ1) is 33.8. The first-order valence-corrected chi connectivity index (χ1v) is 16.5. The summed E-state index contributed by atoms with van der Waals surface area (Å²) in [6, 6.07) is 5.33. The van der Waals surface area contributed by atoms with Gasteiger partial charge in [-0.2, -0.15) is 0 Å². The number of aliphatic hydroxyl groups excluding tert-OH is 1. The van der Waals surface area contributed by atoms with Crippen molar-refractivity contribution < 1.29 is 53.0 Å². The lowest BCUT2D eigenvalue weighted by atomic mass is 9.78. The molecule has 13 heteroatoms. The van der Waals surface area contributed by atoms with Crippen LogP contribution in [0.15, 0.2) is 33.5 Å². The van der Waals surface area contributed by atoms with Crippen molar-refractivity contribution in [2.45, 2.75) is 108 Å². The van der Waals surface area contributed by atoms with Crippen LogP contribution in [-0.2, 0) is 29.3 Å². The van der Waals surface area contributed by atoms with E-state index < -0.39 is 82.5 Å². The van der Waals surface area contributed by atoms with Crippen LogP contribution in [0.1, 0.15) is 96.7 Å². The summed E-state index contributed by atoms with van der Waals surface area (Å²) in [6.07, 6.45) is -3.86. The molecule has 2 aromatic carbocycles. The molecule has 0 saturated carbocycles. The summed E-state index contributed by atoms with van der Waals surface area (Å²) in [5.41, 5.74) is -2.84. The molecule has 4 heterocycles. The van der Waals surface area contributed by atoms with Gasteiger partial charge in [0.05, 0.1) is 41.6 Å². The van der Waals surface area contributed by atoms with E-state index in [4.69, 9.17) is 28.1 Å². The smallest absolute Gasteiger partial charge is 0.202 e. The maximum atomic E-state index is 14.3. The number of fused-ring (bicyclic) bond motifs is 4. The van der Waals surface area contributed by atoms with E-state index in [1.165, 1.54) is 19.2 Å². The van der Waals surface area contributed by atoms with Gasteiger partial charge in [0.2, 0.25) is 5.78 Å². The molecule has 1 aliphatic carbocycles. The normalized spacial score (nSPS) is 35.7. The molecule has 13 nitrogen and oxygen atoms in total. The Morgan fingerprint density at radius 3 is 2.33 bits per heavy atom. The van der Waals surface area contributed by atoms with Gasteiger partial charge in [-0.25, -0.2) is 0 Å². The minimum Gasteiger partial charge on any atom is -0.507 e. The SMILES string of the molecule is CN[C@@]1(C)C[C@H](c2ccc3c(c2O)C(=O)c2c(cc(O)c4c(=O)cc([C@]5(C)O[C@@H]5C)oc24)C3=O)O[C@@H](C)[C@H]1O[C@@H]1C[C@H](OC)[C@H](O)[C@@H](C)O1. The molecule has 3 saturated heterocycles. The Kier molecular flexibility index (Phi) is 8.06. The van der Waals surface area contributed by atoms with E-state index in [1.54, 1.807) is 33.9 Å². The highest BCUT2D eigenvalue weighted by molar-refractivity contribution is 6.32. The van der Waals surface area contributed by atoms with Crippen LogP contribution in [-0.4, -0.2) is 89.5 Å². The number of hydrogen-bond acceptors (Lipinski definition) is 13. The molecule has 1 aromatic heterocycles. The van der Waals surface area contributed by atoms with Crippen molar-refractivity contribution in [2.75, 3.05) is 14.2 Å². The van der Waals surface area contributed by atoms with E-state index >= 15 is 0 Å². The molecular weight excluding hydrogens is 638 g/mol. The van der Waals surface area contributed by atoms with Crippen LogP contribution in [0.25, 0.3) is 11.0 Å². The average molecular weight is 680 g/mol. The number of aliphatic hydroxyl groups is 1. The largest absolute Gasteiger partial charge is 0.507 e. The van der Waals surface area contributed by atoms with Gasteiger partial charge in [0, 0.05) is 41.8 Å². The molecule has 0 bridgehead atoms. The third kappa shape index (κ3) is 5.13. The van der Waals surface area contributed by atoms with E-state index in [2.05, 4.69) is 5.32 Å². The molecule has 0 spiro atoms. The molecule has 4 aliphatic rings. The summed E-state index contributed by atoms with van der Waals surface area (Å²) in [5, 5.41) is 36.1. The fraction of sp³-hybridized carbons (Fsp3) is 0.528. The summed E-state index contributed by atoms with van der Waals surface area (Å²) >= 11 is 0. The molecule has 3 aliphatic heterocycles. The Balaban J connectivity index is 1.24. The second-order valence-corrected chi connectivity index (χ2v) is 14.0. The van der Waals surface area contributed by atoms with Crippen molar-refractivity contribution in [3.8, 4) is 11.5 Å². The highest BCUT2D eigenvalue weighted by Crippen LogP contribution is 2.49. The summed E-state index contributed by atoms with van der Waals surface area (Å²) in [4.78, 5) is 41.3. The third-order valence-electron chi connectivity index (χ3n) is 11.0. The maximum absolute atomic E-state index is 14.3. The Labute approximate surface area is 282 Å². The fourth-order valence-electron chi connectivity index (χ4n) is 7.69. The topological polar surface area (TPSA) is 187 Å². The zero-order chi connectivity index (χ0) is 35.3. The van der Waals surface area contributed by atoms with Crippen LogP contribution in [0.3, 0.4) is 0 Å². The highest BCUT2D eigenvalue weighted by atomic mass is 16.7. The monoisotopic (exact) mass is 679 g/mol. The maximum Gasteiger partial charge on any atom is 0.202 e. The van der Waals surface area contributed by atoms with E-state index in [1.807, 2.05) is 13.8 Å². The molecule has 0 radical (unpaired) electrons. The Hall–Kier alpha value is -3.69. The lowest BCUT2D eigenvalue weighted by Gasteiger charge is -2.49. The lowest BCUT2D eigenvalue weighted by molar-refractivity contribution is -0.293. The lowest BCUT2D eigenvalue weighted by Crippen LogP contribution is -2.62. The van der Waals surface area contributed by atoms with Gasteiger partial charge < -0.3 is 48.7 Å². The number of nitrogens with one attached hydrogen (secondary N) is 1. The first-order valence-electron chi connectivity index (χ1n) is 16.5. The third-order valence-corrected chi connectivity index (χ3v) is 11.0. The second-order valence-electron chi connectivity index (χ2n) is 14.0. The summed E-state index contributed by atoms with van der Waals surface area (Å²) in [6.45, 7) is 9.10. The van der Waals surface area contributed by atoms with Crippen molar-refractivity contribution in [3.63, 3.8) is 0 Å². The quantitative estimate of drug-likeness (QED) is 0.218. The van der Waals surface area contributed by atoms with E-state index in [9.17, 15) is 29.7 Å². The van der Waals surface area contributed by atoms with Crippen LogP contribution in [0.4, 0.5) is 0 Å². The molecule has 0 unspecified atom stereocenters. The van der Waals surface area contributed by atoms with E-state index in [-0.39, 0.29) is 50.7 Å². The molecule has 7 rings (SSSR count). The van der Waals surface area contributed by atoms with E-state index in [0.29, 0.717) is 12.8 Å². The molecule has 4 N–H and O–H groups in total. The highest BCUT2D eigenvalue weighted by Gasteiger charge is 2.54. The number of carbonyl (C=O) groups excluding carboxylic acids is 2. The Bertz CT molecular complexity index is 1940. The van der Waals surface area contributed by atoms with Crippen LogP contribution in [0.5, 0.6) is 11.5 Å². The van der Waals surface area contributed by atoms with Gasteiger partial charge in [0.1, 0.15) is 40.5 Å². The molecule has 3 aromatic rings. The zero-order valence-electron chi connectivity index (χ0n) is 28.4. The van der Waals surface area contributed by atoms with Crippen molar-refractivity contribution in [2.24, 2.45) is 0 Å².